The number of esters is 1. The lowest BCUT2D eigenvalue weighted by Crippen LogP contribution is -2.46. The SMILES string of the molecule is COC(=O)[C@@H]1CCC(Br)=CN1C(=O)OC(C)(C)C. The second-order valence-corrected chi connectivity index (χ2v) is 6.06. The fourth-order valence-corrected chi connectivity index (χ4v) is 2.03. The number of hydrogen-bond acceptors (Lipinski definition) is 4. The predicted molar refractivity (Wildman–Crippen MR) is 70.1 cm³/mol. The molecule has 0 aromatic heterocycles. The highest BCUT2D eigenvalue weighted by Gasteiger charge is 2.34. The van der Waals surface area contributed by atoms with Crippen LogP contribution in [0.4, 0.5) is 4.79 Å². The summed E-state index contributed by atoms with van der Waals surface area (Å²) in [4.78, 5) is 24.9. The smallest absolute Gasteiger partial charge is 0.415 e. The third-order valence-electron chi connectivity index (χ3n) is 2.35. The van der Waals surface area contributed by atoms with Crippen LogP contribution >= 0.6 is 15.9 Å². The molecular formula is C12H18BrNO4. The Morgan fingerprint density at radius 3 is 2.56 bits per heavy atom. The van der Waals surface area contributed by atoms with Crippen LogP contribution in [0.3, 0.4) is 0 Å². The van der Waals surface area contributed by atoms with Crippen molar-refractivity contribution in [3.05, 3.63) is 10.7 Å². The monoisotopic (exact) mass is 319 g/mol. The van der Waals surface area contributed by atoms with E-state index >= 15 is 0 Å². The number of ether oxygens (including phenoxy) is 2. The molecule has 1 rings (SSSR count). The standard InChI is InChI=1S/C12H18BrNO4/c1-12(2,3)18-11(16)14-7-8(13)5-6-9(14)10(15)17-4/h7,9H,5-6H2,1-4H3/t9-/m0/s1. The van der Waals surface area contributed by atoms with Crippen molar-refractivity contribution in [1.29, 1.82) is 0 Å². The van der Waals surface area contributed by atoms with Crippen molar-refractivity contribution in [3.8, 4) is 0 Å². The van der Waals surface area contributed by atoms with Gasteiger partial charge in [0.1, 0.15) is 11.6 Å². The van der Waals surface area contributed by atoms with Crippen LogP contribution in [0.2, 0.25) is 0 Å². The van der Waals surface area contributed by atoms with E-state index in [1.54, 1.807) is 27.0 Å². The van der Waals surface area contributed by atoms with Crippen molar-refractivity contribution in [2.24, 2.45) is 0 Å². The third kappa shape index (κ3) is 4.01. The summed E-state index contributed by atoms with van der Waals surface area (Å²) < 4.78 is 10.8. The van der Waals surface area contributed by atoms with Gasteiger partial charge in [0.25, 0.3) is 0 Å². The summed E-state index contributed by atoms with van der Waals surface area (Å²) in [6.07, 6.45) is 2.25. The molecule has 0 saturated carbocycles. The highest BCUT2D eigenvalue weighted by atomic mass is 79.9. The maximum absolute atomic E-state index is 12.0. The molecule has 1 amide bonds. The van der Waals surface area contributed by atoms with Gasteiger partial charge in [-0.05, 0) is 33.6 Å². The molecule has 6 heteroatoms. The first-order valence-corrected chi connectivity index (χ1v) is 6.49. The van der Waals surface area contributed by atoms with E-state index in [1.807, 2.05) is 0 Å². The second-order valence-electron chi connectivity index (χ2n) is 5.04. The van der Waals surface area contributed by atoms with Gasteiger partial charge in [-0.2, -0.15) is 0 Å². The average molecular weight is 320 g/mol. The van der Waals surface area contributed by atoms with Gasteiger partial charge >= 0.3 is 12.1 Å². The summed E-state index contributed by atoms with van der Waals surface area (Å²) in [6.45, 7) is 5.34. The summed E-state index contributed by atoms with van der Waals surface area (Å²) in [6, 6.07) is -0.619. The Hall–Kier alpha value is -1.04. The molecule has 0 saturated heterocycles. The van der Waals surface area contributed by atoms with Crippen LogP contribution in [-0.2, 0) is 14.3 Å². The first-order valence-electron chi connectivity index (χ1n) is 5.70. The number of carbonyl (C=O) groups is 2. The molecule has 0 unspecified atom stereocenters. The molecule has 0 spiro atoms. The van der Waals surface area contributed by atoms with E-state index in [0.717, 1.165) is 4.48 Å². The molecule has 1 atom stereocenters. The number of halogens is 1. The quantitative estimate of drug-likeness (QED) is 0.697. The van der Waals surface area contributed by atoms with Gasteiger partial charge in [0.15, 0.2) is 0 Å². The Bertz CT molecular complexity index is 373. The molecule has 0 aliphatic carbocycles. The number of carbonyl (C=O) groups excluding carboxylic acids is 2. The molecule has 18 heavy (non-hydrogen) atoms. The normalized spacial score (nSPS) is 20.2. The molecular weight excluding hydrogens is 302 g/mol. The summed E-state index contributed by atoms with van der Waals surface area (Å²) >= 11 is 3.33. The minimum atomic E-state index is -0.619. The van der Waals surface area contributed by atoms with Gasteiger partial charge < -0.3 is 9.47 Å². The zero-order valence-electron chi connectivity index (χ0n) is 11.0. The van der Waals surface area contributed by atoms with Crippen LogP contribution < -0.4 is 0 Å². The first-order chi connectivity index (χ1) is 8.24. The molecule has 1 heterocycles. The summed E-state index contributed by atoms with van der Waals surface area (Å²) in [7, 11) is 1.31. The van der Waals surface area contributed by atoms with Gasteiger partial charge in [0, 0.05) is 10.7 Å². The van der Waals surface area contributed by atoms with Gasteiger partial charge in [-0.3, -0.25) is 4.90 Å². The van der Waals surface area contributed by atoms with Crippen LogP contribution in [0.5, 0.6) is 0 Å². The molecule has 0 bridgehead atoms. The number of nitrogens with zero attached hydrogens (tertiary/aromatic N) is 1. The van der Waals surface area contributed by atoms with Crippen molar-refractivity contribution in [1.82, 2.24) is 4.90 Å². The van der Waals surface area contributed by atoms with Crippen LogP contribution in [0.25, 0.3) is 0 Å². The zero-order chi connectivity index (χ0) is 13.9. The van der Waals surface area contributed by atoms with E-state index in [4.69, 9.17) is 9.47 Å². The van der Waals surface area contributed by atoms with E-state index in [1.165, 1.54) is 12.0 Å². The van der Waals surface area contributed by atoms with Crippen LogP contribution in [-0.4, -0.2) is 35.7 Å². The van der Waals surface area contributed by atoms with Crippen molar-refractivity contribution in [3.63, 3.8) is 0 Å². The molecule has 0 radical (unpaired) electrons. The van der Waals surface area contributed by atoms with E-state index in [0.29, 0.717) is 12.8 Å². The Morgan fingerprint density at radius 2 is 2.06 bits per heavy atom. The Morgan fingerprint density at radius 1 is 1.44 bits per heavy atom. The summed E-state index contributed by atoms with van der Waals surface area (Å²) in [5.74, 6) is -0.433. The number of amides is 1. The Labute approximate surface area is 115 Å². The molecule has 0 aromatic carbocycles. The highest BCUT2D eigenvalue weighted by Crippen LogP contribution is 2.26. The molecule has 102 valence electrons. The number of hydrogen-bond donors (Lipinski definition) is 0. The van der Waals surface area contributed by atoms with Crippen molar-refractivity contribution < 1.29 is 19.1 Å². The Kier molecular flexibility index (Phi) is 4.78. The summed E-state index contributed by atoms with van der Waals surface area (Å²) in [5, 5.41) is 0. The van der Waals surface area contributed by atoms with Crippen molar-refractivity contribution in [2.75, 3.05) is 7.11 Å². The van der Waals surface area contributed by atoms with Crippen LogP contribution in [0.1, 0.15) is 33.6 Å². The number of methoxy groups -OCH3 is 1. The van der Waals surface area contributed by atoms with Gasteiger partial charge in [-0.25, -0.2) is 9.59 Å². The number of rotatable bonds is 1. The van der Waals surface area contributed by atoms with E-state index < -0.39 is 23.7 Å². The average Bonchev–Trinajstić information content (AvgIpc) is 2.25. The largest absolute Gasteiger partial charge is 0.467 e. The molecule has 0 fully saturated rings. The van der Waals surface area contributed by atoms with Gasteiger partial charge in [-0.1, -0.05) is 15.9 Å². The van der Waals surface area contributed by atoms with Crippen LogP contribution in [0.15, 0.2) is 10.7 Å². The molecule has 0 aromatic rings. The molecule has 0 N–H and O–H groups in total. The van der Waals surface area contributed by atoms with Gasteiger partial charge in [0.2, 0.25) is 0 Å². The maximum atomic E-state index is 12.0. The third-order valence-corrected chi connectivity index (χ3v) is 2.95. The second kappa shape index (κ2) is 5.73. The van der Waals surface area contributed by atoms with E-state index in [-0.39, 0.29) is 0 Å². The maximum Gasteiger partial charge on any atom is 0.415 e. The lowest BCUT2D eigenvalue weighted by atomic mass is 10.1. The van der Waals surface area contributed by atoms with Gasteiger partial charge in [-0.15, -0.1) is 0 Å². The lowest BCUT2D eigenvalue weighted by molar-refractivity contribution is -0.146. The fraction of sp³-hybridized carbons (Fsp3) is 0.667. The van der Waals surface area contributed by atoms with Crippen molar-refractivity contribution >= 4 is 28.0 Å². The predicted octanol–water partition coefficient (Wildman–Crippen LogP) is 2.80. The van der Waals surface area contributed by atoms with Gasteiger partial charge in [0.05, 0.1) is 7.11 Å². The van der Waals surface area contributed by atoms with Crippen molar-refractivity contribution in [2.45, 2.75) is 45.3 Å². The lowest BCUT2D eigenvalue weighted by Gasteiger charge is -2.32. The first kappa shape index (κ1) is 15.0. The van der Waals surface area contributed by atoms with E-state index in [9.17, 15) is 9.59 Å². The number of allylic oxidation sites excluding steroid dienone is 1. The minimum Gasteiger partial charge on any atom is -0.467 e. The fourth-order valence-electron chi connectivity index (χ4n) is 1.58. The summed E-state index contributed by atoms with van der Waals surface area (Å²) in [5.41, 5.74) is -0.602. The Balaban J connectivity index is 2.89. The highest BCUT2D eigenvalue weighted by molar-refractivity contribution is 9.11. The molecule has 1 aliphatic heterocycles. The van der Waals surface area contributed by atoms with Crippen LogP contribution in [0, 0.1) is 0 Å². The topological polar surface area (TPSA) is 55.8 Å². The molecule has 1 aliphatic rings. The molecule has 5 nitrogen and oxygen atoms in total. The minimum absolute atomic E-state index is 0.433. The van der Waals surface area contributed by atoms with E-state index in [2.05, 4.69) is 15.9 Å². The zero-order valence-corrected chi connectivity index (χ0v) is 12.6.